The molecule has 9 nitrogen and oxygen atoms in total. The number of hydrogen-bond acceptors (Lipinski definition) is 9. The molecular weight excluding hydrogens is 605 g/mol. The standard InChI is InChI=1S/C35H32FN5O4S/c1-35(2)31(30(42)25-7-3-6-10-29(25)46-35)41-32-21(19-28(33(41)43)45-27-9-5-4-8-26(27)36)20-38-34(40-32)39-22-11-13-23(14-12-22)44-24-15-17-37-18-16-24/h3-14,19-20,24,31,37H,15-18H2,1-2H3,(H,38,39,40). The minimum Gasteiger partial charge on any atom is -0.490 e. The molecule has 4 heterocycles. The number of nitrogens with zero attached hydrogens (tertiary/aromatic N) is 3. The molecule has 2 N–H and O–H groups in total. The Morgan fingerprint density at radius 1 is 0.978 bits per heavy atom. The maximum Gasteiger partial charge on any atom is 0.295 e. The molecule has 2 aliphatic rings. The van der Waals surface area contributed by atoms with Crippen molar-refractivity contribution in [2.75, 3.05) is 18.4 Å². The lowest BCUT2D eigenvalue weighted by molar-refractivity contribution is 0.0897. The number of carbonyl (C=O) groups is 1. The van der Waals surface area contributed by atoms with Crippen molar-refractivity contribution in [3.05, 3.63) is 107 Å². The van der Waals surface area contributed by atoms with Crippen LogP contribution in [-0.4, -0.2) is 44.3 Å². The zero-order chi connectivity index (χ0) is 31.8. The Bertz CT molecular complexity index is 1990. The fourth-order valence-corrected chi connectivity index (χ4v) is 7.27. The number of benzene rings is 3. The number of piperidine rings is 1. The number of anilines is 2. The first-order valence-electron chi connectivity index (χ1n) is 15.2. The van der Waals surface area contributed by atoms with Gasteiger partial charge in [0.15, 0.2) is 23.1 Å². The first-order valence-corrected chi connectivity index (χ1v) is 16.0. The van der Waals surface area contributed by atoms with E-state index in [4.69, 9.17) is 14.5 Å². The molecule has 0 saturated carbocycles. The summed E-state index contributed by atoms with van der Waals surface area (Å²) in [7, 11) is 0. The number of rotatable bonds is 7. The smallest absolute Gasteiger partial charge is 0.295 e. The lowest BCUT2D eigenvalue weighted by Crippen LogP contribution is -2.44. The molecule has 1 saturated heterocycles. The van der Waals surface area contributed by atoms with Crippen molar-refractivity contribution in [2.45, 2.75) is 48.5 Å². The lowest BCUT2D eigenvalue weighted by Gasteiger charge is -2.38. The van der Waals surface area contributed by atoms with Crippen molar-refractivity contribution in [2.24, 2.45) is 0 Å². The van der Waals surface area contributed by atoms with Gasteiger partial charge in [0.05, 0.1) is 0 Å². The molecule has 1 fully saturated rings. The van der Waals surface area contributed by atoms with Crippen LogP contribution >= 0.6 is 11.8 Å². The fraction of sp³-hybridized carbons (Fsp3) is 0.257. The number of para-hydroxylation sites is 1. The molecule has 234 valence electrons. The third kappa shape index (κ3) is 5.83. The molecule has 0 amide bonds. The van der Waals surface area contributed by atoms with Crippen LogP contribution in [0.1, 0.15) is 43.1 Å². The Morgan fingerprint density at radius 2 is 1.72 bits per heavy atom. The summed E-state index contributed by atoms with van der Waals surface area (Å²) in [4.78, 5) is 38.5. The number of fused-ring (bicyclic) bond motifs is 2. The van der Waals surface area contributed by atoms with Crippen molar-refractivity contribution in [1.82, 2.24) is 19.9 Å². The van der Waals surface area contributed by atoms with Gasteiger partial charge in [0.1, 0.15) is 23.5 Å². The highest BCUT2D eigenvalue weighted by molar-refractivity contribution is 8.00. The largest absolute Gasteiger partial charge is 0.490 e. The number of halogens is 1. The second-order valence-corrected chi connectivity index (χ2v) is 13.6. The summed E-state index contributed by atoms with van der Waals surface area (Å²) in [5.41, 5.74) is 0.896. The first-order chi connectivity index (χ1) is 22.3. The van der Waals surface area contributed by atoms with Crippen LogP contribution in [0.15, 0.2) is 94.7 Å². The molecule has 3 aromatic carbocycles. The molecule has 0 aliphatic carbocycles. The zero-order valence-corrected chi connectivity index (χ0v) is 26.1. The van der Waals surface area contributed by atoms with Gasteiger partial charge in [-0.15, -0.1) is 11.8 Å². The van der Waals surface area contributed by atoms with Crippen molar-refractivity contribution in [3.63, 3.8) is 0 Å². The zero-order valence-electron chi connectivity index (χ0n) is 25.3. The van der Waals surface area contributed by atoms with Gasteiger partial charge in [-0.05, 0) is 88.3 Å². The molecule has 5 aromatic rings. The van der Waals surface area contributed by atoms with Crippen LogP contribution in [0.25, 0.3) is 11.0 Å². The second kappa shape index (κ2) is 12.2. The van der Waals surface area contributed by atoms with E-state index in [1.807, 2.05) is 50.2 Å². The normalized spacial score (nSPS) is 17.8. The van der Waals surface area contributed by atoms with E-state index in [1.54, 1.807) is 24.4 Å². The maximum absolute atomic E-state index is 14.6. The Labute approximate surface area is 269 Å². The molecule has 0 bridgehead atoms. The minimum absolute atomic E-state index is 0.105. The minimum atomic E-state index is -0.944. The Kier molecular flexibility index (Phi) is 7.95. The van der Waals surface area contributed by atoms with Crippen LogP contribution in [0, 0.1) is 5.82 Å². The number of thioether (sulfide) groups is 1. The van der Waals surface area contributed by atoms with Gasteiger partial charge >= 0.3 is 0 Å². The number of ketones is 1. The summed E-state index contributed by atoms with van der Waals surface area (Å²) in [5, 5.41) is 7.00. The molecule has 1 unspecified atom stereocenters. The molecular formula is C35H32FN5O4S. The summed E-state index contributed by atoms with van der Waals surface area (Å²) in [6, 6.07) is 21.3. The maximum atomic E-state index is 14.6. The van der Waals surface area contributed by atoms with E-state index in [1.165, 1.54) is 40.6 Å². The number of nitrogens with one attached hydrogen (secondary N) is 2. The van der Waals surface area contributed by atoms with Gasteiger partial charge < -0.3 is 20.1 Å². The van der Waals surface area contributed by atoms with Gasteiger partial charge in [-0.25, -0.2) is 9.37 Å². The summed E-state index contributed by atoms with van der Waals surface area (Å²) in [6.07, 6.45) is 3.67. The van der Waals surface area contributed by atoms with Crippen LogP contribution in [0.5, 0.6) is 17.2 Å². The number of Topliss-reactive ketones (excluding diaryl/α,β-unsaturated/α-hetero) is 1. The predicted molar refractivity (Wildman–Crippen MR) is 176 cm³/mol. The van der Waals surface area contributed by atoms with E-state index >= 15 is 0 Å². The molecule has 2 aliphatic heterocycles. The highest BCUT2D eigenvalue weighted by atomic mass is 32.2. The Morgan fingerprint density at radius 3 is 2.50 bits per heavy atom. The van der Waals surface area contributed by atoms with Crippen molar-refractivity contribution in [1.29, 1.82) is 0 Å². The summed E-state index contributed by atoms with van der Waals surface area (Å²) < 4.78 is 27.2. The third-order valence-electron chi connectivity index (χ3n) is 8.19. The number of ether oxygens (including phenoxy) is 2. The van der Waals surface area contributed by atoms with E-state index in [-0.39, 0.29) is 35.0 Å². The molecule has 0 spiro atoms. The van der Waals surface area contributed by atoms with Gasteiger partial charge in [0.25, 0.3) is 5.56 Å². The van der Waals surface area contributed by atoms with E-state index in [9.17, 15) is 14.0 Å². The third-order valence-corrected chi connectivity index (χ3v) is 9.51. The van der Waals surface area contributed by atoms with Crippen LogP contribution in [0.2, 0.25) is 0 Å². The Balaban J connectivity index is 1.29. The summed E-state index contributed by atoms with van der Waals surface area (Å²) in [6.45, 7) is 5.74. The van der Waals surface area contributed by atoms with Crippen LogP contribution in [0.3, 0.4) is 0 Å². The molecule has 7 rings (SSSR count). The fourth-order valence-electron chi connectivity index (χ4n) is 5.95. The van der Waals surface area contributed by atoms with E-state index in [2.05, 4.69) is 15.6 Å². The number of carbonyl (C=O) groups excluding carboxylic acids is 1. The average Bonchev–Trinajstić information content (AvgIpc) is 3.05. The van der Waals surface area contributed by atoms with Crippen molar-refractivity contribution >= 4 is 40.2 Å². The highest BCUT2D eigenvalue weighted by Crippen LogP contribution is 2.48. The Hall–Kier alpha value is -4.74. The molecule has 2 aromatic heterocycles. The van der Waals surface area contributed by atoms with Gasteiger partial charge in [-0.2, -0.15) is 4.98 Å². The summed E-state index contributed by atoms with van der Waals surface area (Å²) in [5.74, 6) is -0.0586. The molecule has 11 heteroatoms. The number of aromatic nitrogens is 3. The van der Waals surface area contributed by atoms with E-state index in [0.717, 1.165) is 42.3 Å². The predicted octanol–water partition coefficient (Wildman–Crippen LogP) is 6.91. The molecule has 0 radical (unpaired) electrons. The first kappa shape index (κ1) is 29.9. The van der Waals surface area contributed by atoms with Crippen molar-refractivity contribution in [3.8, 4) is 17.2 Å². The number of hydrogen-bond donors (Lipinski definition) is 2. The van der Waals surface area contributed by atoms with Gasteiger partial charge in [0.2, 0.25) is 5.95 Å². The average molecular weight is 638 g/mol. The monoisotopic (exact) mass is 637 g/mol. The highest BCUT2D eigenvalue weighted by Gasteiger charge is 2.45. The van der Waals surface area contributed by atoms with Crippen molar-refractivity contribution < 1.29 is 18.7 Å². The lowest BCUT2D eigenvalue weighted by atomic mass is 9.92. The topological polar surface area (TPSA) is 107 Å². The molecule has 46 heavy (non-hydrogen) atoms. The van der Waals surface area contributed by atoms with Crippen LogP contribution in [-0.2, 0) is 0 Å². The quantitative estimate of drug-likeness (QED) is 0.197. The van der Waals surface area contributed by atoms with Gasteiger partial charge in [-0.1, -0.05) is 30.3 Å². The van der Waals surface area contributed by atoms with Crippen LogP contribution < -0.4 is 25.7 Å². The molecule has 1 atom stereocenters. The second-order valence-electron chi connectivity index (χ2n) is 11.9. The number of pyridine rings is 1. The SMILES string of the molecule is CC1(C)Sc2ccccc2C(=O)C1n1c(=O)c(Oc2ccccc2F)cc2cnc(Nc3ccc(OC4CCNCC4)cc3)nc21. The van der Waals surface area contributed by atoms with E-state index in [0.29, 0.717) is 10.9 Å². The van der Waals surface area contributed by atoms with Gasteiger partial charge in [0, 0.05) is 32.5 Å². The van der Waals surface area contributed by atoms with Gasteiger partial charge in [-0.3, -0.25) is 14.2 Å². The van der Waals surface area contributed by atoms with Crippen LogP contribution in [0.4, 0.5) is 16.0 Å². The van der Waals surface area contributed by atoms with E-state index < -0.39 is 22.2 Å². The summed E-state index contributed by atoms with van der Waals surface area (Å²) >= 11 is 1.52.